The molecule has 4 N–H and O–H groups in total. The van der Waals surface area contributed by atoms with Gasteiger partial charge >= 0.3 is 0 Å². The zero-order chi connectivity index (χ0) is 38.1. The molecule has 1 saturated heterocycles. The molecule has 0 aromatic rings. The molecule has 0 radical (unpaired) electrons. The lowest BCUT2D eigenvalue weighted by Gasteiger charge is -2.61. The molecule has 0 aromatic carbocycles. The molecule has 6 aliphatic rings. The van der Waals surface area contributed by atoms with E-state index in [2.05, 4.69) is 52.7 Å². The zero-order valence-corrected chi connectivity index (χ0v) is 32.8. The zero-order valence-electron chi connectivity index (χ0n) is 31.9. The van der Waals surface area contributed by atoms with Crippen LogP contribution in [0.2, 0.25) is 0 Å². The van der Waals surface area contributed by atoms with Crippen molar-refractivity contribution in [1.29, 1.82) is 0 Å². The summed E-state index contributed by atoms with van der Waals surface area (Å²) in [6, 6.07) is -0.697. The van der Waals surface area contributed by atoms with Gasteiger partial charge in [-0.25, -0.2) is 0 Å². The SMILES string of the molecule is C#CCC(NC(=O)CCCN=[N+]=[N-])NC(=O)C1=C(C)CSC2C(NC(=O)CCC(C)C3CCC4C5CCC6CC(O)CCC6(C)C5CCC34C)C(=O)N12. The van der Waals surface area contributed by atoms with Crippen molar-refractivity contribution >= 4 is 35.4 Å². The van der Waals surface area contributed by atoms with Gasteiger partial charge in [0.05, 0.1) is 6.10 Å². The van der Waals surface area contributed by atoms with Crippen LogP contribution in [0.25, 0.3) is 10.4 Å². The first-order valence-corrected chi connectivity index (χ1v) is 21.0. The number of nitrogens with one attached hydrogen (secondary N) is 3. The molecule has 4 aliphatic carbocycles. The Bertz CT molecular complexity index is 1570. The number of hydrogen-bond donors (Lipinski definition) is 4. The Morgan fingerprint density at radius 3 is 2.58 bits per heavy atom. The van der Waals surface area contributed by atoms with Crippen molar-refractivity contribution < 1.29 is 24.3 Å². The van der Waals surface area contributed by atoms with Crippen molar-refractivity contribution in [2.75, 3.05) is 12.3 Å². The molecule has 0 bridgehead atoms. The molecule has 0 aromatic heterocycles. The largest absolute Gasteiger partial charge is 0.393 e. The van der Waals surface area contributed by atoms with Gasteiger partial charge in [0.25, 0.3) is 11.8 Å². The summed E-state index contributed by atoms with van der Waals surface area (Å²) >= 11 is 1.52. The van der Waals surface area contributed by atoms with E-state index in [0.717, 1.165) is 42.6 Å². The van der Waals surface area contributed by atoms with Gasteiger partial charge in [-0.2, -0.15) is 0 Å². The average molecular weight is 750 g/mol. The summed E-state index contributed by atoms with van der Waals surface area (Å²) in [5.41, 5.74) is 10.1. The molecule has 12 atom stereocenters. The lowest BCUT2D eigenvalue weighted by Crippen LogP contribution is -2.71. The van der Waals surface area contributed by atoms with E-state index < -0.39 is 18.1 Å². The molecule has 4 amide bonds. The third kappa shape index (κ3) is 7.70. The first kappa shape index (κ1) is 39.5. The highest BCUT2D eigenvalue weighted by molar-refractivity contribution is 8.00. The minimum absolute atomic E-state index is 0.0524. The number of amides is 4. The lowest BCUT2D eigenvalue weighted by atomic mass is 9.44. The summed E-state index contributed by atoms with van der Waals surface area (Å²) in [6.07, 6.45) is 16.9. The van der Waals surface area contributed by atoms with Crippen LogP contribution in [-0.4, -0.2) is 69.6 Å². The highest BCUT2D eigenvalue weighted by Gasteiger charge is 2.60. The first-order chi connectivity index (χ1) is 25.3. The quantitative estimate of drug-likeness (QED) is 0.0354. The number of nitrogens with zero attached hydrogens (tertiary/aromatic N) is 4. The molecule has 0 spiro atoms. The Kier molecular flexibility index (Phi) is 12.1. The van der Waals surface area contributed by atoms with Crippen LogP contribution in [0, 0.1) is 58.7 Å². The Labute approximate surface area is 318 Å². The molecule has 5 fully saturated rings. The number of rotatable bonds is 13. The van der Waals surface area contributed by atoms with Gasteiger partial charge in [0.1, 0.15) is 23.3 Å². The first-order valence-electron chi connectivity index (χ1n) is 20.0. The van der Waals surface area contributed by atoms with E-state index >= 15 is 0 Å². The molecule has 12 unspecified atom stereocenters. The fourth-order valence-corrected chi connectivity index (χ4v) is 13.2. The van der Waals surface area contributed by atoms with E-state index in [1.807, 2.05) is 0 Å². The maximum absolute atomic E-state index is 13.5. The monoisotopic (exact) mass is 749 g/mol. The number of β-lactam (4-membered cyclic amide) rings is 1. The second kappa shape index (κ2) is 16.3. The fraction of sp³-hybridized carbons (Fsp3) is 0.800. The number of fused-ring (bicyclic) bond motifs is 6. The molecule has 6 rings (SSSR count). The maximum Gasteiger partial charge on any atom is 0.269 e. The van der Waals surface area contributed by atoms with Gasteiger partial charge in [0.2, 0.25) is 11.8 Å². The highest BCUT2D eigenvalue weighted by atomic mass is 32.2. The normalized spacial score (nSPS) is 36.9. The molecule has 2 heterocycles. The number of aliphatic hydroxyl groups is 1. The molecule has 53 heavy (non-hydrogen) atoms. The summed E-state index contributed by atoms with van der Waals surface area (Å²) < 4.78 is 0. The second-order valence-corrected chi connectivity index (χ2v) is 18.6. The third-order valence-corrected chi connectivity index (χ3v) is 16.0. The molecule has 13 heteroatoms. The van der Waals surface area contributed by atoms with E-state index in [-0.39, 0.29) is 54.3 Å². The molecular weight excluding hydrogens is 691 g/mol. The van der Waals surface area contributed by atoms with Gasteiger partial charge in [-0.05, 0) is 135 Å². The lowest BCUT2D eigenvalue weighted by molar-refractivity contribution is -0.148. The van der Waals surface area contributed by atoms with Crippen LogP contribution in [0.1, 0.15) is 118 Å². The predicted molar refractivity (Wildman–Crippen MR) is 204 cm³/mol. The van der Waals surface area contributed by atoms with E-state index in [0.29, 0.717) is 47.2 Å². The second-order valence-electron chi connectivity index (χ2n) is 17.5. The van der Waals surface area contributed by atoms with E-state index in [1.165, 1.54) is 61.6 Å². The fourth-order valence-electron chi connectivity index (χ4n) is 11.9. The topological polar surface area (TPSA) is 177 Å². The standard InChI is InChI=1S/C40H59N7O5S/c1-6-8-31(43-32(49)9-7-20-42-46-41)44-36(51)35-24(3)22-53-38-34(37(52)47(35)38)45-33(50)15-10-23(2)28-13-14-29-27-12-11-25-21-26(48)16-18-39(25,4)30(27)17-19-40(28,29)5/h1,23,25-31,34,38,48H,7-22H2,2-5H3,(H,43,49)(H,44,51)(H,45,50). The Hall–Kier alpha value is -3.20. The summed E-state index contributed by atoms with van der Waals surface area (Å²) in [6.45, 7) is 9.40. The van der Waals surface area contributed by atoms with Gasteiger partial charge in [0, 0.05) is 36.5 Å². The van der Waals surface area contributed by atoms with Gasteiger partial charge < -0.3 is 21.1 Å². The number of terminal acetylenes is 1. The van der Waals surface area contributed by atoms with Crippen LogP contribution in [0.5, 0.6) is 0 Å². The van der Waals surface area contributed by atoms with Crippen molar-refractivity contribution in [2.45, 2.75) is 141 Å². The predicted octanol–water partition coefficient (Wildman–Crippen LogP) is 5.77. The number of carbonyl (C=O) groups is 4. The molecular formula is C40H59N7O5S. The molecule has 2 aliphatic heterocycles. The number of aliphatic hydroxyl groups excluding tert-OH is 1. The van der Waals surface area contributed by atoms with E-state index in [4.69, 9.17) is 12.0 Å². The van der Waals surface area contributed by atoms with Crippen LogP contribution >= 0.6 is 11.8 Å². The number of hydrogen-bond acceptors (Lipinski definition) is 7. The summed E-state index contributed by atoms with van der Waals surface area (Å²) in [4.78, 5) is 56.9. The van der Waals surface area contributed by atoms with Crippen molar-refractivity contribution in [1.82, 2.24) is 20.9 Å². The summed E-state index contributed by atoms with van der Waals surface area (Å²) in [5.74, 6) is 5.64. The van der Waals surface area contributed by atoms with Gasteiger partial charge in [-0.1, -0.05) is 25.9 Å². The van der Waals surface area contributed by atoms with Crippen LogP contribution < -0.4 is 16.0 Å². The minimum Gasteiger partial charge on any atom is -0.393 e. The Balaban J connectivity index is 0.997. The number of thioether (sulfide) groups is 1. The number of carbonyl (C=O) groups excluding carboxylic acids is 4. The third-order valence-electron chi connectivity index (χ3n) is 14.6. The summed E-state index contributed by atoms with van der Waals surface area (Å²) in [7, 11) is 0. The van der Waals surface area contributed by atoms with E-state index in [9.17, 15) is 24.3 Å². The molecule has 4 saturated carbocycles. The Morgan fingerprint density at radius 2 is 1.83 bits per heavy atom. The van der Waals surface area contributed by atoms with Crippen LogP contribution in [-0.2, 0) is 19.2 Å². The van der Waals surface area contributed by atoms with Crippen LogP contribution in [0.4, 0.5) is 0 Å². The van der Waals surface area contributed by atoms with Gasteiger partial charge in [0.15, 0.2) is 0 Å². The van der Waals surface area contributed by atoms with Crippen molar-refractivity contribution in [3.63, 3.8) is 0 Å². The smallest absolute Gasteiger partial charge is 0.269 e. The van der Waals surface area contributed by atoms with Gasteiger partial charge in [-0.3, -0.25) is 24.1 Å². The molecule has 290 valence electrons. The van der Waals surface area contributed by atoms with Crippen molar-refractivity contribution in [2.24, 2.45) is 51.5 Å². The van der Waals surface area contributed by atoms with E-state index in [1.54, 1.807) is 6.92 Å². The van der Waals surface area contributed by atoms with Gasteiger partial charge in [-0.15, -0.1) is 24.1 Å². The van der Waals surface area contributed by atoms with Crippen molar-refractivity contribution in [3.05, 3.63) is 21.7 Å². The minimum atomic E-state index is -0.834. The summed E-state index contributed by atoms with van der Waals surface area (Å²) in [5, 5.41) is 21.9. The van der Waals surface area contributed by atoms with Crippen LogP contribution in [0.15, 0.2) is 16.4 Å². The number of azide groups is 1. The molecule has 12 nitrogen and oxygen atoms in total. The Morgan fingerprint density at radius 1 is 1.08 bits per heavy atom. The van der Waals surface area contributed by atoms with Crippen molar-refractivity contribution in [3.8, 4) is 12.3 Å². The van der Waals surface area contributed by atoms with Crippen LogP contribution in [0.3, 0.4) is 0 Å². The highest BCUT2D eigenvalue weighted by Crippen LogP contribution is 2.68. The average Bonchev–Trinajstić information content (AvgIpc) is 3.49. The maximum atomic E-state index is 13.5.